The van der Waals surface area contributed by atoms with Crippen LogP contribution in [0.2, 0.25) is 5.02 Å². The standard InChI is InChI=1S/C15H19ClN2O.ClH/c1-11(12-4-2-5-13(16)9-12)8-15(19)18-7-3-6-14(17)10-18;/h2,4-5,8-9,14H,3,6-7,10,17H2,1H3;1H. The Labute approximate surface area is 131 Å². The molecule has 0 aliphatic carbocycles. The van der Waals surface area contributed by atoms with Gasteiger partial charge in [0.15, 0.2) is 0 Å². The molecule has 0 spiro atoms. The third-order valence-electron chi connectivity index (χ3n) is 3.39. The molecule has 1 unspecified atom stereocenters. The molecule has 1 fully saturated rings. The molecule has 0 saturated carbocycles. The fourth-order valence-electron chi connectivity index (χ4n) is 2.30. The summed E-state index contributed by atoms with van der Waals surface area (Å²) in [5.41, 5.74) is 7.79. The van der Waals surface area contributed by atoms with Gasteiger partial charge in [-0.1, -0.05) is 23.7 Å². The summed E-state index contributed by atoms with van der Waals surface area (Å²) in [6.45, 7) is 3.37. The average molecular weight is 315 g/mol. The Kier molecular flexibility index (Phi) is 6.53. The van der Waals surface area contributed by atoms with Crippen LogP contribution in [0.3, 0.4) is 0 Å². The van der Waals surface area contributed by atoms with E-state index in [1.807, 2.05) is 36.1 Å². The van der Waals surface area contributed by atoms with Gasteiger partial charge in [-0.2, -0.15) is 0 Å². The predicted octanol–water partition coefficient (Wildman–Crippen LogP) is 3.11. The van der Waals surface area contributed by atoms with Gasteiger partial charge in [-0.05, 0) is 43.0 Å². The summed E-state index contributed by atoms with van der Waals surface area (Å²) < 4.78 is 0. The molecule has 2 N–H and O–H groups in total. The second-order valence-corrected chi connectivity index (χ2v) is 5.46. The molecule has 1 amide bonds. The van der Waals surface area contributed by atoms with Crippen molar-refractivity contribution < 1.29 is 4.79 Å². The first-order chi connectivity index (χ1) is 9.06. The fourth-order valence-corrected chi connectivity index (χ4v) is 2.49. The molecule has 0 bridgehead atoms. The lowest BCUT2D eigenvalue weighted by atomic mass is 10.0. The molecule has 1 atom stereocenters. The van der Waals surface area contributed by atoms with Gasteiger partial charge in [0, 0.05) is 30.2 Å². The summed E-state index contributed by atoms with van der Waals surface area (Å²) in [5.74, 6) is 0.0348. The number of hydrogen-bond donors (Lipinski definition) is 1. The third-order valence-corrected chi connectivity index (χ3v) is 3.62. The Bertz CT molecular complexity index is 502. The molecule has 110 valence electrons. The molecule has 1 aliphatic rings. The molecule has 2 rings (SSSR count). The monoisotopic (exact) mass is 314 g/mol. The summed E-state index contributed by atoms with van der Waals surface area (Å²) in [5, 5.41) is 0.678. The predicted molar refractivity (Wildman–Crippen MR) is 86.1 cm³/mol. The first-order valence-electron chi connectivity index (χ1n) is 6.55. The van der Waals surface area contributed by atoms with Gasteiger partial charge in [0.25, 0.3) is 0 Å². The number of piperidine rings is 1. The van der Waals surface area contributed by atoms with E-state index in [1.54, 1.807) is 6.08 Å². The van der Waals surface area contributed by atoms with Crippen LogP contribution in [-0.2, 0) is 4.79 Å². The second kappa shape index (κ2) is 7.67. The maximum Gasteiger partial charge on any atom is 0.246 e. The Balaban J connectivity index is 0.00000200. The first kappa shape index (κ1) is 17.0. The lowest BCUT2D eigenvalue weighted by molar-refractivity contribution is -0.127. The summed E-state index contributed by atoms with van der Waals surface area (Å²) in [7, 11) is 0. The van der Waals surface area contributed by atoms with Gasteiger partial charge in [-0.25, -0.2) is 0 Å². The highest BCUT2D eigenvalue weighted by atomic mass is 35.5. The number of carbonyl (C=O) groups excluding carboxylic acids is 1. The van der Waals surface area contributed by atoms with E-state index < -0.39 is 0 Å². The number of hydrogen-bond acceptors (Lipinski definition) is 2. The summed E-state index contributed by atoms with van der Waals surface area (Å²) in [4.78, 5) is 14.0. The van der Waals surface area contributed by atoms with Crippen molar-refractivity contribution in [3.8, 4) is 0 Å². The SMILES string of the molecule is CC(=CC(=O)N1CCCC(N)C1)c1cccc(Cl)c1.Cl. The lowest BCUT2D eigenvalue weighted by Gasteiger charge is -2.30. The van der Waals surface area contributed by atoms with Crippen LogP contribution in [0.1, 0.15) is 25.3 Å². The third kappa shape index (κ3) is 4.51. The lowest BCUT2D eigenvalue weighted by Crippen LogP contribution is -2.45. The molecule has 5 heteroatoms. The van der Waals surface area contributed by atoms with Crippen LogP contribution in [0.25, 0.3) is 5.57 Å². The van der Waals surface area contributed by atoms with Gasteiger partial charge in [-0.3, -0.25) is 4.79 Å². The second-order valence-electron chi connectivity index (χ2n) is 5.02. The Morgan fingerprint density at radius 1 is 1.50 bits per heavy atom. The maximum atomic E-state index is 12.2. The summed E-state index contributed by atoms with van der Waals surface area (Å²) in [6.07, 6.45) is 3.65. The minimum Gasteiger partial charge on any atom is -0.338 e. The van der Waals surface area contributed by atoms with E-state index in [9.17, 15) is 4.79 Å². The number of allylic oxidation sites excluding steroid dienone is 1. The smallest absolute Gasteiger partial charge is 0.246 e. The summed E-state index contributed by atoms with van der Waals surface area (Å²) in [6, 6.07) is 7.63. The van der Waals surface area contributed by atoms with E-state index in [0.717, 1.165) is 30.5 Å². The normalized spacial score (nSPS) is 19.4. The van der Waals surface area contributed by atoms with Gasteiger partial charge in [0.1, 0.15) is 0 Å². The fraction of sp³-hybridized carbons (Fsp3) is 0.400. The van der Waals surface area contributed by atoms with Crippen molar-refractivity contribution in [1.29, 1.82) is 0 Å². The quantitative estimate of drug-likeness (QED) is 0.852. The molecular weight excluding hydrogens is 295 g/mol. The van der Waals surface area contributed by atoms with Crippen molar-refractivity contribution >= 4 is 35.5 Å². The minimum atomic E-state index is 0. The van der Waals surface area contributed by atoms with Crippen molar-refractivity contribution in [2.45, 2.75) is 25.8 Å². The number of amides is 1. The topological polar surface area (TPSA) is 46.3 Å². The van der Waals surface area contributed by atoms with Crippen LogP contribution >= 0.6 is 24.0 Å². The van der Waals surface area contributed by atoms with Crippen LogP contribution in [0, 0.1) is 0 Å². The number of likely N-dealkylation sites (tertiary alicyclic amines) is 1. The molecule has 0 radical (unpaired) electrons. The zero-order chi connectivity index (χ0) is 13.8. The van der Waals surface area contributed by atoms with Gasteiger partial charge < -0.3 is 10.6 Å². The summed E-state index contributed by atoms with van der Waals surface area (Å²) >= 11 is 5.95. The molecule has 3 nitrogen and oxygen atoms in total. The Morgan fingerprint density at radius 3 is 2.90 bits per heavy atom. The minimum absolute atomic E-state index is 0. The van der Waals surface area contributed by atoms with E-state index in [0.29, 0.717) is 11.6 Å². The highest BCUT2D eigenvalue weighted by Gasteiger charge is 2.19. The molecule has 1 saturated heterocycles. The first-order valence-corrected chi connectivity index (χ1v) is 6.93. The van der Waals surface area contributed by atoms with E-state index in [2.05, 4.69) is 0 Å². The molecule has 1 aliphatic heterocycles. The van der Waals surface area contributed by atoms with Crippen LogP contribution in [0.5, 0.6) is 0 Å². The molecule has 1 heterocycles. The zero-order valence-electron chi connectivity index (χ0n) is 11.5. The number of nitrogens with zero attached hydrogens (tertiary/aromatic N) is 1. The van der Waals surface area contributed by atoms with Crippen molar-refractivity contribution in [3.63, 3.8) is 0 Å². The molecule has 20 heavy (non-hydrogen) atoms. The van der Waals surface area contributed by atoms with Crippen molar-refractivity contribution in [2.24, 2.45) is 5.73 Å². The van der Waals surface area contributed by atoms with E-state index in [-0.39, 0.29) is 24.4 Å². The van der Waals surface area contributed by atoms with E-state index in [1.165, 1.54) is 0 Å². The van der Waals surface area contributed by atoms with Crippen LogP contribution in [0.4, 0.5) is 0 Å². The van der Waals surface area contributed by atoms with Gasteiger partial charge in [0.2, 0.25) is 5.91 Å². The van der Waals surface area contributed by atoms with Crippen LogP contribution in [-0.4, -0.2) is 29.9 Å². The van der Waals surface area contributed by atoms with E-state index in [4.69, 9.17) is 17.3 Å². The maximum absolute atomic E-state index is 12.2. The highest BCUT2D eigenvalue weighted by Crippen LogP contribution is 2.19. The molecule has 1 aromatic rings. The average Bonchev–Trinajstić information content (AvgIpc) is 2.38. The number of halogens is 2. The largest absolute Gasteiger partial charge is 0.338 e. The number of benzene rings is 1. The van der Waals surface area contributed by atoms with Gasteiger partial charge in [-0.15, -0.1) is 12.4 Å². The van der Waals surface area contributed by atoms with Gasteiger partial charge >= 0.3 is 0 Å². The highest BCUT2D eigenvalue weighted by molar-refractivity contribution is 6.30. The van der Waals surface area contributed by atoms with E-state index >= 15 is 0 Å². The molecule has 0 aromatic heterocycles. The van der Waals surface area contributed by atoms with Gasteiger partial charge in [0.05, 0.1) is 0 Å². The van der Waals surface area contributed by atoms with Crippen LogP contribution < -0.4 is 5.73 Å². The number of nitrogens with two attached hydrogens (primary N) is 1. The van der Waals surface area contributed by atoms with Crippen molar-refractivity contribution in [2.75, 3.05) is 13.1 Å². The molecular formula is C15H20Cl2N2O. The van der Waals surface area contributed by atoms with Crippen LogP contribution in [0.15, 0.2) is 30.3 Å². The van der Waals surface area contributed by atoms with Crippen molar-refractivity contribution in [1.82, 2.24) is 4.90 Å². The Morgan fingerprint density at radius 2 is 2.25 bits per heavy atom. The number of rotatable bonds is 2. The number of carbonyl (C=O) groups is 1. The zero-order valence-corrected chi connectivity index (χ0v) is 13.1. The molecule has 1 aromatic carbocycles. The Hall–Kier alpha value is -1.03. The van der Waals surface area contributed by atoms with Crippen molar-refractivity contribution in [3.05, 3.63) is 40.9 Å².